The molecule has 0 radical (unpaired) electrons. The second-order valence-corrected chi connectivity index (χ2v) is 10.4. The van der Waals surface area contributed by atoms with Gasteiger partial charge in [-0.15, -0.1) is 0 Å². The van der Waals surface area contributed by atoms with Gasteiger partial charge in [0.25, 0.3) is 0 Å². The van der Waals surface area contributed by atoms with Crippen molar-refractivity contribution in [1.82, 2.24) is 20.2 Å². The molecule has 0 amide bonds. The number of hydrogen-bond donors (Lipinski definition) is 1. The van der Waals surface area contributed by atoms with Crippen LogP contribution in [0, 0.1) is 0 Å². The van der Waals surface area contributed by atoms with Crippen LogP contribution in [0.1, 0.15) is 57.4 Å². The highest BCUT2D eigenvalue weighted by atomic mass is 16.5. The van der Waals surface area contributed by atoms with E-state index in [0.717, 1.165) is 37.4 Å². The van der Waals surface area contributed by atoms with E-state index in [9.17, 15) is 0 Å². The molecule has 1 aliphatic heterocycles. The van der Waals surface area contributed by atoms with Gasteiger partial charge in [0, 0.05) is 54.4 Å². The van der Waals surface area contributed by atoms with Crippen molar-refractivity contribution in [1.29, 1.82) is 0 Å². The first-order chi connectivity index (χ1) is 15.8. The first-order valence-corrected chi connectivity index (χ1v) is 11.8. The minimum atomic E-state index is 0.0813. The fourth-order valence-electron chi connectivity index (χ4n) is 5.19. The number of rotatable bonds is 8. The van der Waals surface area contributed by atoms with Crippen LogP contribution in [0.5, 0.6) is 5.75 Å². The van der Waals surface area contributed by atoms with Crippen LogP contribution >= 0.6 is 0 Å². The Morgan fingerprint density at radius 1 is 0.879 bits per heavy atom. The molecular weight excluding hydrogens is 408 g/mol. The zero-order chi connectivity index (χ0) is 23.3. The van der Waals surface area contributed by atoms with Crippen molar-refractivity contribution in [3.63, 3.8) is 0 Å². The van der Waals surface area contributed by atoms with Gasteiger partial charge in [-0.25, -0.2) is 0 Å². The maximum absolute atomic E-state index is 6.23. The third-order valence-electron chi connectivity index (χ3n) is 6.27. The minimum Gasteiger partial charge on any atom is -0.487 e. The summed E-state index contributed by atoms with van der Waals surface area (Å²) in [5, 5.41) is 3.83. The van der Waals surface area contributed by atoms with E-state index in [0.29, 0.717) is 12.6 Å². The Morgan fingerprint density at radius 3 is 2.27 bits per heavy atom. The maximum Gasteiger partial charge on any atom is 0.130 e. The van der Waals surface area contributed by atoms with Gasteiger partial charge in [-0.2, -0.15) is 0 Å². The molecule has 33 heavy (non-hydrogen) atoms. The van der Waals surface area contributed by atoms with Gasteiger partial charge in [0.1, 0.15) is 12.4 Å². The van der Waals surface area contributed by atoms with Gasteiger partial charge < -0.3 is 10.1 Å². The highest BCUT2D eigenvalue weighted by molar-refractivity contribution is 5.33. The smallest absolute Gasteiger partial charge is 0.130 e. The molecule has 0 unspecified atom stereocenters. The lowest BCUT2D eigenvalue weighted by atomic mass is 9.78. The van der Waals surface area contributed by atoms with Crippen molar-refractivity contribution in [2.45, 2.75) is 77.4 Å². The second-order valence-electron chi connectivity index (χ2n) is 10.4. The molecule has 0 saturated carbocycles. The normalized spacial score (nSPS) is 17.7. The van der Waals surface area contributed by atoms with Crippen LogP contribution in [0.2, 0.25) is 0 Å². The number of piperidine rings is 1. The molecule has 1 N–H and O–H groups in total. The number of nitrogens with zero attached hydrogens (tertiary/aromatic N) is 3. The Labute approximate surface area is 198 Å². The zero-order valence-corrected chi connectivity index (χ0v) is 20.3. The van der Waals surface area contributed by atoms with E-state index in [1.165, 1.54) is 11.1 Å². The fraction of sp³-hybridized carbons (Fsp3) is 0.429. The highest BCUT2D eigenvalue weighted by Gasteiger charge is 2.40. The van der Waals surface area contributed by atoms with E-state index in [4.69, 9.17) is 4.74 Å². The molecule has 3 heterocycles. The van der Waals surface area contributed by atoms with Crippen molar-refractivity contribution in [2.75, 3.05) is 0 Å². The standard InChI is InChI=1S/C28H36N4O/c1-27(2)17-25(18-28(3,4)31-27)32(19-22-12-15-29-16-13-22)20-23-9-5-6-11-26(23)33-21-24-10-7-8-14-30-24/h5-16,25,31H,17-21H2,1-4H3. The Morgan fingerprint density at radius 2 is 1.58 bits per heavy atom. The summed E-state index contributed by atoms with van der Waals surface area (Å²) in [5.41, 5.74) is 3.58. The summed E-state index contributed by atoms with van der Waals surface area (Å²) in [6.45, 7) is 11.4. The van der Waals surface area contributed by atoms with Crippen molar-refractivity contribution in [3.8, 4) is 5.75 Å². The van der Waals surface area contributed by atoms with E-state index < -0.39 is 0 Å². The topological polar surface area (TPSA) is 50.3 Å². The lowest BCUT2D eigenvalue weighted by Gasteiger charge is -2.50. The molecule has 1 fully saturated rings. The molecule has 1 aliphatic rings. The summed E-state index contributed by atoms with van der Waals surface area (Å²) >= 11 is 0. The predicted molar refractivity (Wildman–Crippen MR) is 133 cm³/mol. The summed E-state index contributed by atoms with van der Waals surface area (Å²) in [4.78, 5) is 11.2. The Kier molecular flexibility index (Phi) is 7.11. The molecule has 0 aliphatic carbocycles. The van der Waals surface area contributed by atoms with Crippen molar-refractivity contribution in [2.24, 2.45) is 0 Å². The van der Waals surface area contributed by atoms with E-state index in [-0.39, 0.29) is 11.1 Å². The third kappa shape index (κ3) is 6.62. The van der Waals surface area contributed by atoms with Crippen LogP contribution in [0.25, 0.3) is 0 Å². The number of benzene rings is 1. The van der Waals surface area contributed by atoms with Gasteiger partial charge in [-0.3, -0.25) is 14.9 Å². The van der Waals surface area contributed by atoms with E-state index in [1.807, 2.05) is 42.9 Å². The summed E-state index contributed by atoms with van der Waals surface area (Å²) in [7, 11) is 0. The van der Waals surface area contributed by atoms with Crippen LogP contribution in [0.15, 0.2) is 73.2 Å². The summed E-state index contributed by atoms with van der Waals surface area (Å²) < 4.78 is 6.23. The lowest BCUT2D eigenvalue weighted by molar-refractivity contribution is 0.0557. The highest BCUT2D eigenvalue weighted by Crippen LogP contribution is 2.34. The van der Waals surface area contributed by atoms with Crippen LogP contribution in [0.3, 0.4) is 0 Å². The van der Waals surface area contributed by atoms with Crippen LogP contribution in [-0.4, -0.2) is 32.0 Å². The monoisotopic (exact) mass is 444 g/mol. The Hall–Kier alpha value is -2.76. The van der Waals surface area contributed by atoms with Crippen molar-refractivity contribution < 1.29 is 4.74 Å². The SMILES string of the molecule is CC1(C)CC(N(Cc2ccncc2)Cc2ccccc2OCc2ccccn2)CC(C)(C)N1. The van der Waals surface area contributed by atoms with Crippen molar-refractivity contribution in [3.05, 3.63) is 90.0 Å². The molecule has 4 rings (SSSR count). The lowest BCUT2D eigenvalue weighted by Crippen LogP contribution is -2.62. The quantitative estimate of drug-likeness (QED) is 0.506. The van der Waals surface area contributed by atoms with Crippen LogP contribution in [-0.2, 0) is 19.7 Å². The minimum absolute atomic E-state index is 0.0813. The molecule has 0 bridgehead atoms. The molecule has 2 aromatic heterocycles. The van der Waals surface area contributed by atoms with Gasteiger partial charge in [-0.1, -0.05) is 24.3 Å². The van der Waals surface area contributed by atoms with E-state index in [1.54, 1.807) is 0 Å². The molecule has 174 valence electrons. The molecule has 5 heteroatoms. The van der Waals surface area contributed by atoms with Gasteiger partial charge in [-0.05, 0) is 76.4 Å². The van der Waals surface area contributed by atoms with Gasteiger partial charge >= 0.3 is 0 Å². The van der Waals surface area contributed by atoms with Gasteiger partial charge in [0.05, 0.1) is 5.69 Å². The molecule has 3 aromatic rings. The third-order valence-corrected chi connectivity index (χ3v) is 6.27. The average Bonchev–Trinajstić information content (AvgIpc) is 2.77. The first-order valence-electron chi connectivity index (χ1n) is 11.8. The van der Waals surface area contributed by atoms with Gasteiger partial charge in [0.15, 0.2) is 0 Å². The molecule has 5 nitrogen and oxygen atoms in total. The molecule has 1 saturated heterocycles. The Balaban J connectivity index is 1.58. The predicted octanol–water partition coefficient (Wildman–Crippen LogP) is 5.37. The van der Waals surface area contributed by atoms with E-state index in [2.05, 4.69) is 78.2 Å². The molecule has 0 spiro atoms. The van der Waals surface area contributed by atoms with Crippen LogP contribution in [0.4, 0.5) is 0 Å². The number of ether oxygens (including phenoxy) is 1. The Bertz CT molecular complexity index is 1000. The number of pyridine rings is 2. The largest absolute Gasteiger partial charge is 0.487 e. The van der Waals surface area contributed by atoms with Crippen LogP contribution < -0.4 is 10.1 Å². The maximum atomic E-state index is 6.23. The fourth-order valence-corrected chi connectivity index (χ4v) is 5.19. The number of aromatic nitrogens is 2. The average molecular weight is 445 g/mol. The van der Waals surface area contributed by atoms with Crippen molar-refractivity contribution >= 4 is 0 Å². The summed E-state index contributed by atoms with van der Waals surface area (Å²) in [6.07, 6.45) is 7.76. The molecular formula is C28H36N4O. The number of hydrogen-bond acceptors (Lipinski definition) is 5. The van der Waals surface area contributed by atoms with E-state index >= 15 is 0 Å². The number of nitrogens with one attached hydrogen (secondary N) is 1. The summed E-state index contributed by atoms with van der Waals surface area (Å²) in [5.74, 6) is 0.926. The first kappa shape index (κ1) is 23.4. The number of para-hydroxylation sites is 1. The molecule has 0 atom stereocenters. The molecule has 1 aromatic carbocycles. The van der Waals surface area contributed by atoms with Gasteiger partial charge in [0.2, 0.25) is 0 Å². The zero-order valence-electron chi connectivity index (χ0n) is 20.3. The second kappa shape index (κ2) is 10.0. The summed E-state index contributed by atoms with van der Waals surface area (Å²) in [6, 6.07) is 19.0.